The highest BCUT2D eigenvalue weighted by molar-refractivity contribution is 5.93. The van der Waals surface area contributed by atoms with Crippen LogP contribution in [0.2, 0.25) is 0 Å². The van der Waals surface area contributed by atoms with Crippen LogP contribution in [0.25, 0.3) is 11.1 Å². The first-order valence-electron chi connectivity index (χ1n) is 11.7. The third kappa shape index (κ3) is 5.87. The molecule has 35 heavy (non-hydrogen) atoms. The molecule has 3 aromatic carbocycles. The van der Waals surface area contributed by atoms with Gasteiger partial charge >= 0.3 is 12.1 Å². The summed E-state index contributed by atoms with van der Waals surface area (Å²) < 4.78 is 5.52. The molecule has 0 aromatic heterocycles. The Morgan fingerprint density at radius 2 is 1.43 bits per heavy atom. The fourth-order valence-corrected chi connectivity index (χ4v) is 4.43. The number of nitrogens with zero attached hydrogens (tertiary/aromatic N) is 1. The summed E-state index contributed by atoms with van der Waals surface area (Å²) in [6.45, 7) is 0.609. The molecule has 0 bridgehead atoms. The molecule has 3 aromatic rings. The number of hydrogen-bond acceptors (Lipinski definition) is 4. The molecule has 0 aliphatic heterocycles. The Hall–Kier alpha value is -4.13. The molecule has 0 atom stereocenters. The first-order chi connectivity index (χ1) is 17.0. The largest absolute Gasteiger partial charge is 0.481 e. The Morgan fingerprint density at radius 3 is 2.06 bits per heavy atom. The van der Waals surface area contributed by atoms with Gasteiger partial charge in [0.05, 0.1) is 6.42 Å². The number of carbonyl (C=O) groups is 3. The summed E-state index contributed by atoms with van der Waals surface area (Å²) in [5.41, 5.74) is 5.29. The van der Waals surface area contributed by atoms with Gasteiger partial charge in [-0.05, 0) is 40.8 Å². The molecule has 7 heteroatoms. The molecule has 0 saturated heterocycles. The Labute approximate surface area is 204 Å². The van der Waals surface area contributed by atoms with Crippen LogP contribution in [-0.2, 0) is 14.3 Å². The maximum absolute atomic E-state index is 12.7. The first-order valence-corrected chi connectivity index (χ1v) is 11.7. The van der Waals surface area contributed by atoms with Gasteiger partial charge < -0.3 is 20.1 Å². The van der Waals surface area contributed by atoms with Crippen LogP contribution in [0.15, 0.2) is 78.9 Å². The fraction of sp³-hybridized carbons (Fsp3) is 0.250. The van der Waals surface area contributed by atoms with Crippen molar-refractivity contribution in [3.8, 4) is 11.1 Å². The van der Waals surface area contributed by atoms with Crippen molar-refractivity contribution >= 4 is 23.7 Å². The summed E-state index contributed by atoms with van der Waals surface area (Å²) in [6, 6.07) is 25.3. The lowest BCUT2D eigenvalue weighted by Crippen LogP contribution is -2.34. The smallest absolute Gasteiger partial charge is 0.407 e. The van der Waals surface area contributed by atoms with Crippen molar-refractivity contribution in [2.24, 2.45) is 0 Å². The number of fused-ring (bicyclic) bond motifs is 3. The molecule has 0 saturated carbocycles. The summed E-state index contributed by atoms with van der Waals surface area (Å²) in [5.74, 6) is -1.16. The Kier molecular flexibility index (Phi) is 7.77. The van der Waals surface area contributed by atoms with Gasteiger partial charge in [-0.2, -0.15) is 0 Å². The van der Waals surface area contributed by atoms with Gasteiger partial charge in [0.25, 0.3) is 0 Å². The molecule has 2 amide bonds. The standard InChI is InChI=1S/C28H28N2O5/c31-26(30(18-16-27(32)33)20-9-2-1-3-10-20)15-8-17-29-28(34)35-19-25-23-13-6-4-11-21(23)22-12-5-7-14-24(22)25/h1-7,9-14,25H,8,15-19H2,(H,29,34)(H,32,33). The van der Waals surface area contributed by atoms with Crippen molar-refractivity contribution < 1.29 is 24.2 Å². The van der Waals surface area contributed by atoms with Gasteiger partial charge in [-0.1, -0.05) is 66.7 Å². The van der Waals surface area contributed by atoms with E-state index in [0.29, 0.717) is 12.1 Å². The molecule has 0 radical (unpaired) electrons. The van der Waals surface area contributed by atoms with Crippen molar-refractivity contribution in [3.05, 3.63) is 90.0 Å². The minimum absolute atomic E-state index is 0.0107. The van der Waals surface area contributed by atoms with E-state index in [2.05, 4.69) is 29.6 Å². The number of aliphatic carboxylic acids is 1. The van der Waals surface area contributed by atoms with Crippen LogP contribution in [0.5, 0.6) is 0 Å². The molecule has 0 spiro atoms. The van der Waals surface area contributed by atoms with Crippen molar-refractivity contribution in [1.82, 2.24) is 5.32 Å². The van der Waals surface area contributed by atoms with Crippen LogP contribution in [0, 0.1) is 0 Å². The second kappa shape index (κ2) is 11.3. The molecule has 1 aliphatic rings. The molecule has 0 fully saturated rings. The van der Waals surface area contributed by atoms with E-state index in [4.69, 9.17) is 9.84 Å². The Balaban J connectivity index is 1.25. The SMILES string of the molecule is O=C(O)CCN(C(=O)CCCNC(=O)OCC1c2ccccc2-c2ccccc21)c1ccccc1. The number of ether oxygens (including phenoxy) is 1. The van der Waals surface area contributed by atoms with Crippen LogP contribution in [0.3, 0.4) is 0 Å². The average Bonchev–Trinajstić information content (AvgIpc) is 3.19. The van der Waals surface area contributed by atoms with Gasteiger partial charge in [0.1, 0.15) is 6.61 Å². The number of hydrogen-bond donors (Lipinski definition) is 2. The van der Waals surface area contributed by atoms with Gasteiger partial charge in [-0.15, -0.1) is 0 Å². The zero-order valence-corrected chi connectivity index (χ0v) is 19.4. The van der Waals surface area contributed by atoms with Crippen LogP contribution in [0.4, 0.5) is 10.5 Å². The molecule has 0 unspecified atom stereocenters. The van der Waals surface area contributed by atoms with Crippen molar-refractivity contribution in [2.75, 3.05) is 24.6 Å². The lowest BCUT2D eigenvalue weighted by Gasteiger charge is -2.22. The number of carbonyl (C=O) groups excluding carboxylic acids is 2. The van der Waals surface area contributed by atoms with Crippen molar-refractivity contribution in [2.45, 2.75) is 25.2 Å². The predicted molar refractivity (Wildman–Crippen MR) is 133 cm³/mol. The molecule has 0 heterocycles. The van der Waals surface area contributed by atoms with Gasteiger partial charge in [-0.3, -0.25) is 9.59 Å². The monoisotopic (exact) mass is 472 g/mol. The molecular weight excluding hydrogens is 444 g/mol. The van der Waals surface area contributed by atoms with Crippen LogP contribution < -0.4 is 10.2 Å². The average molecular weight is 473 g/mol. The zero-order chi connectivity index (χ0) is 24.6. The number of carboxylic acid groups (broad SMARTS) is 1. The normalized spacial score (nSPS) is 11.9. The van der Waals surface area contributed by atoms with Crippen molar-refractivity contribution in [3.63, 3.8) is 0 Å². The van der Waals surface area contributed by atoms with E-state index in [1.807, 2.05) is 30.3 Å². The first kappa shape index (κ1) is 24.0. The number of alkyl carbamates (subject to hydrolysis) is 1. The molecule has 7 nitrogen and oxygen atoms in total. The van der Waals surface area contributed by atoms with E-state index in [-0.39, 0.29) is 44.4 Å². The van der Waals surface area contributed by atoms with E-state index in [0.717, 1.165) is 11.1 Å². The highest BCUT2D eigenvalue weighted by Crippen LogP contribution is 2.44. The lowest BCUT2D eigenvalue weighted by atomic mass is 9.98. The molecular formula is C28H28N2O5. The van der Waals surface area contributed by atoms with Crippen LogP contribution in [-0.4, -0.2) is 42.8 Å². The van der Waals surface area contributed by atoms with E-state index >= 15 is 0 Å². The van der Waals surface area contributed by atoms with E-state index < -0.39 is 12.1 Å². The minimum Gasteiger partial charge on any atom is -0.481 e. The number of anilines is 1. The van der Waals surface area contributed by atoms with Gasteiger partial charge in [0.15, 0.2) is 0 Å². The van der Waals surface area contributed by atoms with E-state index in [1.54, 1.807) is 24.3 Å². The molecule has 1 aliphatic carbocycles. The number of rotatable bonds is 10. The van der Waals surface area contributed by atoms with E-state index in [1.165, 1.54) is 16.0 Å². The summed E-state index contributed by atoms with van der Waals surface area (Å²) in [4.78, 5) is 37.5. The molecule has 4 rings (SSSR count). The minimum atomic E-state index is -0.962. The molecule has 2 N–H and O–H groups in total. The second-order valence-electron chi connectivity index (χ2n) is 8.38. The highest BCUT2D eigenvalue weighted by atomic mass is 16.5. The summed E-state index contributed by atoms with van der Waals surface area (Å²) in [6.07, 6.45) is -0.0685. The summed E-state index contributed by atoms with van der Waals surface area (Å²) >= 11 is 0. The Bertz CT molecular complexity index is 1150. The number of benzene rings is 3. The van der Waals surface area contributed by atoms with Gasteiger partial charge in [0, 0.05) is 31.1 Å². The number of para-hydroxylation sites is 1. The summed E-state index contributed by atoms with van der Waals surface area (Å²) in [7, 11) is 0. The fourth-order valence-electron chi connectivity index (χ4n) is 4.43. The molecule has 180 valence electrons. The maximum atomic E-state index is 12.7. The second-order valence-corrected chi connectivity index (χ2v) is 8.38. The number of amides is 2. The van der Waals surface area contributed by atoms with E-state index in [9.17, 15) is 14.4 Å². The van der Waals surface area contributed by atoms with Crippen LogP contribution in [0.1, 0.15) is 36.3 Å². The predicted octanol–water partition coefficient (Wildman–Crippen LogP) is 4.81. The van der Waals surface area contributed by atoms with Crippen LogP contribution >= 0.6 is 0 Å². The van der Waals surface area contributed by atoms with Crippen molar-refractivity contribution in [1.29, 1.82) is 0 Å². The lowest BCUT2D eigenvalue weighted by molar-refractivity contribution is -0.136. The maximum Gasteiger partial charge on any atom is 0.407 e. The highest BCUT2D eigenvalue weighted by Gasteiger charge is 2.29. The van der Waals surface area contributed by atoms with Gasteiger partial charge in [0.2, 0.25) is 5.91 Å². The summed E-state index contributed by atoms with van der Waals surface area (Å²) in [5, 5.41) is 11.7. The quantitative estimate of drug-likeness (QED) is 0.413. The third-order valence-electron chi connectivity index (χ3n) is 6.10. The topological polar surface area (TPSA) is 95.9 Å². The Morgan fingerprint density at radius 1 is 0.829 bits per heavy atom. The third-order valence-corrected chi connectivity index (χ3v) is 6.10. The van der Waals surface area contributed by atoms with Gasteiger partial charge in [-0.25, -0.2) is 4.79 Å². The number of nitrogens with one attached hydrogen (secondary N) is 1. The number of carboxylic acids is 1. The zero-order valence-electron chi connectivity index (χ0n) is 19.4.